The zero-order valence-electron chi connectivity index (χ0n) is 6.88. The fourth-order valence-electron chi connectivity index (χ4n) is 0.985. The van der Waals surface area contributed by atoms with Crippen LogP contribution in [0.25, 0.3) is 0 Å². The van der Waals surface area contributed by atoms with Gasteiger partial charge in [0, 0.05) is 4.88 Å². The second kappa shape index (κ2) is 3.73. The lowest BCUT2D eigenvalue weighted by Gasteiger charge is -2.19. The maximum absolute atomic E-state index is 9.92. The van der Waals surface area contributed by atoms with Crippen molar-refractivity contribution in [3.8, 4) is 0 Å². The van der Waals surface area contributed by atoms with Crippen molar-refractivity contribution in [2.24, 2.45) is 0 Å². The van der Waals surface area contributed by atoms with Crippen LogP contribution in [0.5, 0.6) is 0 Å². The van der Waals surface area contributed by atoms with E-state index in [1.165, 1.54) is 0 Å². The second-order valence-corrected chi connectivity index (χ2v) is 5.33. The molecule has 0 saturated heterocycles. The van der Waals surface area contributed by atoms with Gasteiger partial charge in [-0.05, 0) is 41.4 Å². The molecular formula is C9H11BrOS. The van der Waals surface area contributed by atoms with Gasteiger partial charge in [-0.15, -0.1) is 17.9 Å². The van der Waals surface area contributed by atoms with Crippen LogP contribution in [0.3, 0.4) is 0 Å². The molecule has 0 aliphatic heterocycles. The van der Waals surface area contributed by atoms with E-state index in [9.17, 15) is 5.11 Å². The third-order valence-corrected chi connectivity index (χ3v) is 3.52. The minimum Gasteiger partial charge on any atom is -0.384 e. The highest BCUT2D eigenvalue weighted by Crippen LogP contribution is 2.33. The summed E-state index contributed by atoms with van der Waals surface area (Å²) in [5.41, 5.74) is -0.765. The van der Waals surface area contributed by atoms with Gasteiger partial charge in [0.15, 0.2) is 0 Å². The van der Waals surface area contributed by atoms with E-state index in [-0.39, 0.29) is 0 Å². The molecule has 1 heterocycles. The Morgan fingerprint density at radius 3 is 2.83 bits per heavy atom. The van der Waals surface area contributed by atoms with Crippen LogP contribution in [0.2, 0.25) is 0 Å². The molecule has 1 unspecified atom stereocenters. The first-order valence-corrected chi connectivity index (χ1v) is 5.26. The Morgan fingerprint density at radius 2 is 2.42 bits per heavy atom. The second-order valence-electron chi connectivity index (χ2n) is 2.87. The maximum Gasteiger partial charge on any atom is 0.0994 e. The Morgan fingerprint density at radius 1 is 1.75 bits per heavy atom. The summed E-state index contributed by atoms with van der Waals surface area (Å²) in [5.74, 6) is 0. The minimum absolute atomic E-state index is 0.583. The lowest BCUT2D eigenvalue weighted by molar-refractivity contribution is 0.0645. The third-order valence-electron chi connectivity index (χ3n) is 1.65. The van der Waals surface area contributed by atoms with E-state index in [4.69, 9.17) is 0 Å². The first-order chi connectivity index (χ1) is 5.56. The predicted octanol–water partition coefficient (Wildman–Crippen LogP) is 3.29. The van der Waals surface area contributed by atoms with E-state index in [0.717, 1.165) is 8.66 Å². The summed E-state index contributed by atoms with van der Waals surface area (Å²) in [4.78, 5) is 0.967. The predicted molar refractivity (Wildman–Crippen MR) is 56.4 cm³/mol. The van der Waals surface area contributed by atoms with Gasteiger partial charge in [0.2, 0.25) is 0 Å². The van der Waals surface area contributed by atoms with Crippen molar-refractivity contribution in [3.63, 3.8) is 0 Å². The molecule has 0 bridgehead atoms. The first kappa shape index (κ1) is 9.96. The molecule has 1 atom stereocenters. The molecule has 1 rings (SSSR count). The fraction of sp³-hybridized carbons (Fsp3) is 0.333. The van der Waals surface area contributed by atoms with E-state index in [1.807, 2.05) is 12.1 Å². The van der Waals surface area contributed by atoms with E-state index < -0.39 is 5.60 Å². The molecule has 1 aromatic rings. The van der Waals surface area contributed by atoms with Crippen LogP contribution in [-0.4, -0.2) is 5.11 Å². The molecule has 1 aromatic heterocycles. The Kier molecular flexibility index (Phi) is 3.09. The van der Waals surface area contributed by atoms with E-state index >= 15 is 0 Å². The summed E-state index contributed by atoms with van der Waals surface area (Å²) in [5, 5.41) is 9.92. The van der Waals surface area contributed by atoms with Crippen LogP contribution in [0.15, 0.2) is 28.6 Å². The number of halogens is 1. The molecule has 0 fully saturated rings. The lowest BCUT2D eigenvalue weighted by atomic mass is 10.0. The normalized spacial score (nSPS) is 15.6. The van der Waals surface area contributed by atoms with Gasteiger partial charge in [-0.25, -0.2) is 0 Å². The van der Waals surface area contributed by atoms with Crippen molar-refractivity contribution in [3.05, 3.63) is 33.5 Å². The molecule has 0 saturated carbocycles. The zero-order valence-corrected chi connectivity index (χ0v) is 9.28. The topological polar surface area (TPSA) is 20.2 Å². The van der Waals surface area contributed by atoms with Crippen molar-refractivity contribution in [2.75, 3.05) is 0 Å². The molecule has 3 heteroatoms. The summed E-state index contributed by atoms with van der Waals surface area (Å²) in [7, 11) is 0. The van der Waals surface area contributed by atoms with Crippen molar-refractivity contribution in [1.82, 2.24) is 0 Å². The van der Waals surface area contributed by atoms with Crippen LogP contribution in [0.4, 0.5) is 0 Å². The summed E-state index contributed by atoms with van der Waals surface area (Å²) in [6.45, 7) is 5.41. The van der Waals surface area contributed by atoms with Crippen LogP contribution >= 0.6 is 27.3 Å². The smallest absolute Gasteiger partial charge is 0.0994 e. The highest BCUT2D eigenvalue weighted by atomic mass is 79.9. The Bertz CT molecular complexity index is 278. The fourth-order valence-corrected chi connectivity index (χ4v) is 2.43. The number of hydrogen-bond acceptors (Lipinski definition) is 2. The average Bonchev–Trinajstić information content (AvgIpc) is 2.36. The summed E-state index contributed by atoms with van der Waals surface area (Å²) >= 11 is 4.91. The molecule has 1 nitrogen and oxygen atoms in total. The summed E-state index contributed by atoms with van der Waals surface area (Å²) in [6, 6.07) is 3.87. The van der Waals surface area contributed by atoms with Crippen LogP contribution < -0.4 is 0 Å². The number of rotatable bonds is 3. The van der Waals surface area contributed by atoms with E-state index in [0.29, 0.717) is 6.42 Å². The van der Waals surface area contributed by atoms with Gasteiger partial charge < -0.3 is 5.11 Å². The Labute approximate surface area is 84.9 Å². The standard InChI is InChI=1S/C9H11BrOS/c1-3-6-9(2,11)7-4-5-8(10)12-7/h3-5,11H,1,6H2,2H3. The van der Waals surface area contributed by atoms with Crippen molar-refractivity contribution in [1.29, 1.82) is 0 Å². The average molecular weight is 247 g/mol. The van der Waals surface area contributed by atoms with E-state index in [1.54, 1.807) is 24.3 Å². The van der Waals surface area contributed by atoms with Crippen molar-refractivity contribution in [2.45, 2.75) is 18.9 Å². The van der Waals surface area contributed by atoms with Gasteiger partial charge in [0.1, 0.15) is 0 Å². The molecule has 66 valence electrons. The largest absolute Gasteiger partial charge is 0.384 e. The lowest BCUT2D eigenvalue weighted by Crippen LogP contribution is -2.17. The highest BCUT2D eigenvalue weighted by molar-refractivity contribution is 9.11. The summed E-state index contributed by atoms with van der Waals surface area (Å²) < 4.78 is 1.04. The van der Waals surface area contributed by atoms with E-state index in [2.05, 4.69) is 22.5 Å². The molecule has 12 heavy (non-hydrogen) atoms. The molecule has 0 amide bonds. The molecule has 0 aliphatic rings. The van der Waals surface area contributed by atoms with Gasteiger partial charge in [-0.2, -0.15) is 0 Å². The van der Waals surface area contributed by atoms with Crippen LogP contribution in [-0.2, 0) is 5.60 Å². The van der Waals surface area contributed by atoms with Gasteiger partial charge >= 0.3 is 0 Å². The third kappa shape index (κ3) is 2.19. The molecule has 0 aromatic carbocycles. The molecular weight excluding hydrogens is 236 g/mol. The molecule has 0 spiro atoms. The van der Waals surface area contributed by atoms with Crippen molar-refractivity contribution < 1.29 is 5.11 Å². The first-order valence-electron chi connectivity index (χ1n) is 3.65. The minimum atomic E-state index is -0.765. The summed E-state index contributed by atoms with van der Waals surface area (Å²) in [6.07, 6.45) is 2.31. The zero-order chi connectivity index (χ0) is 9.19. The van der Waals surface area contributed by atoms with Gasteiger partial charge in [-0.3, -0.25) is 0 Å². The monoisotopic (exact) mass is 246 g/mol. The quantitative estimate of drug-likeness (QED) is 0.812. The number of hydrogen-bond donors (Lipinski definition) is 1. The van der Waals surface area contributed by atoms with Crippen molar-refractivity contribution >= 4 is 27.3 Å². The SMILES string of the molecule is C=CCC(C)(O)c1ccc(Br)s1. The van der Waals surface area contributed by atoms with Crippen LogP contribution in [0, 0.1) is 0 Å². The van der Waals surface area contributed by atoms with Gasteiger partial charge in [0.25, 0.3) is 0 Å². The van der Waals surface area contributed by atoms with Crippen LogP contribution in [0.1, 0.15) is 18.2 Å². The number of aliphatic hydroxyl groups is 1. The molecule has 1 N–H and O–H groups in total. The number of thiophene rings is 1. The Hall–Kier alpha value is -0.120. The molecule has 0 radical (unpaired) electrons. The van der Waals surface area contributed by atoms with Gasteiger partial charge in [-0.1, -0.05) is 6.08 Å². The molecule has 0 aliphatic carbocycles. The Balaban J connectivity index is 2.88. The maximum atomic E-state index is 9.92. The highest BCUT2D eigenvalue weighted by Gasteiger charge is 2.22. The van der Waals surface area contributed by atoms with Gasteiger partial charge in [0.05, 0.1) is 9.39 Å².